The van der Waals surface area contributed by atoms with Crippen molar-refractivity contribution in [2.24, 2.45) is 0 Å². The van der Waals surface area contributed by atoms with Crippen molar-refractivity contribution in [1.82, 2.24) is 9.55 Å². The Morgan fingerprint density at radius 3 is 2.84 bits per heavy atom. The van der Waals surface area contributed by atoms with Crippen molar-refractivity contribution in [2.45, 2.75) is 32.4 Å². The van der Waals surface area contributed by atoms with Crippen LogP contribution in [0.15, 0.2) is 30.7 Å². The fourth-order valence-corrected chi connectivity index (χ4v) is 2.04. The summed E-state index contributed by atoms with van der Waals surface area (Å²) in [5, 5.41) is 10.1. The zero-order valence-corrected chi connectivity index (χ0v) is 10.7. The molecule has 0 saturated heterocycles. The van der Waals surface area contributed by atoms with Gasteiger partial charge in [-0.25, -0.2) is 13.8 Å². The molecule has 1 aromatic carbocycles. The van der Waals surface area contributed by atoms with Gasteiger partial charge in [-0.15, -0.1) is 0 Å². The van der Waals surface area contributed by atoms with Crippen LogP contribution < -0.4 is 0 Å². The maximum atomic E-state index is 13.5. The van der Waals surface area contributed by atoms with E-state index in [1.807, 2.05) is 11.5 Å². The smallest absolute Gasteiger partial charge is 0.129 e. The number of hydrogen-bond acceptors (Lipinski definition) is 2. The molecule has 0 spiro atoms. The average Bonchev–Trinajstić information content (AvgIpc) is 2.81. The van der Waals surface area contributed by atoms with Crippen LogP contribution in [0.1, 0.15) is 30.7 Å². The number of hydrogen-bond donors (Lipinski definition) is 1. The Kier molecular flexibility index (Phi) is 4.27. The van der Waals surface area contributed by atoms with Gasteiger partial charge < -0.3 is 9.67 Å². The highest BCUT2D eigenvalue weighted by atomic mass is 19.1. The third-order valence-corrected chi connectivity index (χ3v) is 2.98. The third-order valence-electron chi connectivity index (χ3n) is 2.98. The fraction of sp³-hybridized carbons (Fsp3) is 0.357. The zero-order valence-electron chi connectivity index (χ0n) is 10.7. The topological polar surface area (TPSA) is 38.0 Å². The number of benzene rings is 1. The predicted octanol–water partition coefficient (Wildman–Crippen LogP) is 2.85. The molecule has 102 valence electrons. The lowest BCUT2D eigenvalue weighted by molar-refractivity contribution is 0.167. The Bertz CT molecular complexity index is 554. The van der Waals surface area contributed by atoms with E-state index < -0.39 is 17.7 Å². The summed E-state index contributed by atoms with van der Waals surface area (Å²) in [4.78, 5) is 3.99. The van der Waals surface area contributed by atoms with Gasteiger partial charge in [-0.2, -0.15) is 0 Å². The van der Waals surface area contributed by atoms with Crippen LogP contribution in [0.3, 0.4) is 0 Å². The second-order valence-electron chi connectivity index (χ2n) is 4.47. The van der Waals surface area contributed by atoms with Crippen LogP contribution in [0.4, 0.5) is 8.78 Å². The molecule has 1 atom stereocenters. The molecule has 5 heteroatoms. The van der Waals surface area contributed by atoms with E-state index >= 15 is 0 Å². The lowest BCUT2D eigenvalue weighted by Crippen LogP contribution is -2.10. The lowest BCUT2D eigenvalue weighted by atomic mass is 10.1. The molecule has 3 nitrogen and oxygen atoms in total. The molecule has 1 aromatic heterocycles. The molecular formula is C14H16F2N2O. The summed E-state index contributed by atoms with van der Waals surface area (Å²) in [5.74, 6) is -1.26. The summed E-state index contributed by atoms with van der Waals surface area (Å²) in [6, 6.07) is 3.37. The maximum Gasteiger partial charge on any atom is 0.129 e. The van der Waals surface area contributed by atoms with Crippen LogP contribution in [0.25, 0.3) is 0 Å². The largest absolute Gasteiger partial charge is 0.386 e. The quantitative estimate of drug-likeness (QED) is 0.903. The van der Waals surface area contributed by atoms with Crippen molar-refractivity contribution in [3.05, 3.63) is 53.6 Å². The van der Waals surface area contributed by atoms with Crippen LogP contribution in [0, 0.1) is 11.6 Å². The van der Waals surface area contributed by atoms with E-state index in [0.717, 1.165) is 19.0 Å². The van der Waals surface area contributed by atoms with Crippen molar-refractivity contribution < 1.29 is 13.9 Å². The Balaban J connectivity index is 2.16. The van der Waals surface area contributed by atoms with E-state index in [1.165, 1.54) is 12.1 Å². The van der Waals surface area contributed by atoms with Gasteiger partial charge in [-0.05, 0) is 18.1 Å². The monoisotopic (exact) mass is 266 g/mol. The first-order valence-electron chi connectivity index (χ1n) is 6.23. The molecule has 0 amide bonds. The Morgan fingerprint density at radius 2 is 2.16 bits per heavy atom. The Morgan fingerprint density at radius 1 is 1.37 bits per heavy atom. The van der Waals surface area contributed by atoms with Gasteiger partial charge in [0.15, 0.2) is 0 Å². The number of rotatable bonds is 5. The number of aliphatic hydroxyl groups is 1. The average molecular weight is 266 g/mol. The first kappa shape index (κ1) is 13.7. The SMILES string of the molecule is CCCn1cncc1C(O)Cc1ccc(F)cc1F. The number of nitrogens with zero attached hydrogens (tertiary/aromatic N) is 2. The maximum absolute atomic E-state index is 13.5. The number of aromatic nitrogens is 2. The Hall–Kier alpha value is -1.75. The van der Waals surface area contributed by atoms with E-state index in [1.54, 1.807) is 12.5 Å². The van der Waals surface area contributed by atoms with Gasteiger partial charge in [0.2, 0.25) is 0 Å². The van der Waals surface area contributed by atoms with E-state index in [2.05, 4.69) is 4.98 Å². The van der Waals surface area contributed by atoms with E-state index in [9.17, 15) is 13.9 Å². The first-order valence-corrected chi connectivity index (χ1v) is 6.23. The molecule has 2 aromatic rings. The van der Waals surface area contributed by atoms with Crippen LogP contribution >= 0.6 is 0 Å². The van der Waals surface area contributed by atoms with Crippen molar-refractivity contribution in [1.29, 1.82) is 0 Å². The Labute approximate surface area is 110 Å². The fourth-order valence-electron chi connectivity index (χ4n) is 2.04. The van der Waals surface area contributed by atoms with Crippen LogP contribution in [0.2, 0.25) is 0 Å². The molecule has 1 N–H and O–H groups in total. The van der Waals surface area contributed by atoms with Gasteiger partial charge >= 0.3 is 0 Å². The van der Waals surface area contributed by atoms with Gasteiger partial charge in [-0.3, -0.25) is 0 Å². The molecule has 0 aliphatic carbocycles. The molecule has 0 saturated carbocycles. The van der Waals surface area contributed by atoms with E-state index in [4.69, 9.17) is 0 Å². The third kappa shape index (κ3) is 3.17. The highest BCUT2D eigenvalue weighted by Crippen LogP contribution is 2.20. The molecule has 1 heterocycles. The zero-order chi connectivity index (χ0) is 13.8. The minimum absolute atomic E-state index is 0.0987. The molecular weight excluding hydrogens is 250 g/mol. The normalized spacial score (nSPS) is 12.6. The molecule has 2 rings (SSSR count). The van der Waals surface area contributed by atoms with Crippen LogP contribution in [-0.4, -0.2) is 14.7 Å². The highest BCUT2D eigenvalue weighted by Gasteiger charge is 2.15. The van der Waals surface area contributed by atoms with Gasteiger partial charge in [0.25, 0.3) is 0 Å². The van der Waals surface area contributed by atoms with Gasteiger partial charge in [-0.1, -0.05) is 13.0 Å². The van der Waals surface area contributed by atoms with E-state index in [0.29, 0.717) is 5.69 Å². The van der Waals surface area contributed by atoms with Crippen LogP contribution in [0.5, 0.6) is 0 Å². The molecule has 0 fully saturated rings. The van der Waals surface area contributed by atoms with Gasteiger partial charge in [0.1, 0.15) is 11.6 Å². The minimum atomic E-state index is -0.853. The summed E-state index contributed by atoms with van der Waals surface area (Å²) in [6.07, 6.45) is 3.38. The van der Waals surface area contributed by atoms with E-state index in [-0.39, 0.29) is 12.0 Å². The first-order chi connectivity index (χ1) is 9.11. The minimum Gasteiger partial charge on any atom is -0.386 e. The van der Waals surface area contributed by atoms with Crippen molar-refractivity contribution >= 4 is 0 Å². The summed E-state index contributed by atoms with van der Waals surface area (Å²) >= 11 is 0. The van der Waals surface area contributed by atoms with Crippen molar-refractivity contribution in [2.75, 3.05) is 0 Å². The molecule has 0 aliphatic heterocycles. The molecule has 19 heavy (non-hydrogen) atoms. The summed E-state index contributed by atoms with van der Waals surface area (Å²) in [6.45, 7) is 2.77. The number of aliphatic hydroxyl groups excluding tert-OH is 1. The number of halogens is 2. The summed E-state index contributed by atoms with van der Waals surface area (Å²) in [5.41, 5.74) is 0.934. The second-order valence-corrected chi connectivity index (χ2v) is 4.47. The highest BCUT2D eigenvalue weighted by molar-refractivity contribution is 5.21. The molecule has 0 aliphatic rings. The standard InChI is InChI=1S/C14H16F2N2O/c1-2-5-18-9-17-8-13(18)14(19)6-10-3-4-11(15)7-12(10)16/h3-4,7-9,14,19H,2,5-6H2,1H3. The summed E-state index contributed by atoms with van der Waals surface area (Å²) in [7, 11) is 0. The van der Waals surface area contributed by atoms with Gasteiger partial charge in [0.05, 0.1) is 24.3 Å². The predicted molar refractivity (Wildman–Crippen MR) is 67.5 cm³/mol. The number of aryl methyl sites for hydroxylation is 1. The second kappa shape index (κ2) is 5.93. The summed E-state index contributed by atoms with van der Waals surface area (Å²) < 4.78 is 28.2. The number of imidazole rings is 1. The van der Waals surface area contributed by atoms with Gasteiger partial charge in [0, 0.05) is 19.0 Å². The molecule has 1 unspecified atom stereocenters. The molecule has 0 bridgehead atoms. The van der Waals surface area contributed by atoms with Crippen molar-refractivity contribution in [3.8, 4) is 0 Å². The van der Waals surface area contributed by atoms with Crippen LogP contribution in [-0.2, 0) is 13.0 Å². The van der Waals surface area contributed by atoms with Crippen molar-refractivity contribution in [3.63, 3.8) is 0 Å². The lowest BCUT2D eigenvalue weighted by Gasteiger charge is -2.14. The molecule has 0 radical (unpaired) electrons.